The Balaban J connectivity index is 1.86. The number of anilines is 1. The first-order valence-corrected chi connectivity index (χ1v) is 9.12. The number of rotatable bonds is 7. The number of hydrogen-bond acceptors (Lipinski definition) is 6. The van der Waals surface area contributed by atoms with E-state index in [1.165, 1.54) is 20.1 Å². The predicted octanol–water partition coefficient (Wildman–Crippen LogP) is 2.77. The molecule has 0 aliphatic rings. The maximum atomic E-state index is 12.4. The highest BCUT2D eigenvalue weighted by molar-refractivity contribution is 5.97. The van der Waals surface area contributed by atoms with E-state index >= 15 is 0 Å². The molecule has 154 valence electrons. The Bertz CT molecular complexity index is 1150. The van der Waals surface area contributed by atoms with E-state index in [4.69, 9.17) is 9.47 Å². The third-order valence-electron chi connectivity index (χ3n) is 4.40. The number of nitrogens with zero attached hydrogens (tertiary/aromatic N) is 2. The van der Waals surface area contributed by atoms with Crippen molar-refractivity contribution >= 4 is 17.4 Å². The van der Waals surface area contributed by atoms with Crippen molar-refractivity contribution in [2.75, 3.05) is 19.5 Å². The molecule has 2 aromatic carbocycles. The van der Waals surface area contributed by atoms with E-state index in [9.17, 15) is 14.4 Å². The molecule has 1 aromatic heterocycles. The van der Waals surface area contributed by atoms with Crippen LogP contribution in [0.4, 0.5) is 5.69 Å². The third kappa shape index (κ3) is 4.72. The SMILES string of the molecule is COc1ccc(OC)c(-c2ccc(=O)n(CC(=O)Nc3cccc(C(C)=O)c3)n2)c1. The number of hydrogen-bond donors (Lipinski definition) is 1. The zero-order valence-corrected chi connectivity index (χ0v) is 16.8. The summed E-state index contributed by atoms with van der Waals surface area (Å²) in [5, 5.41) is 6.98. The van der Waals surface area contributed by atoms with Crippen LogP contribution in [0.15, 0.2) is 59.4 Å². The smallest absolute Gasteiger partial charge is 0.267 e. The van der Waals surface area contributed by atoms with Gasteiger partial charge < -0.3 is 14.8 Å². The number of ketones is 1. The minimum atomic E-state index is -0.444. The van der Waals surface area contributed by atoms with Gasteiger partial charge in [0.1, 0.15) is 18.0 Å². The molecule has 0 aliphatic heterocycles. The van der Waals surface area contributed by atoms with E-state index in [2.05, 4.69) is 10.4 Å². The number of benzene rings is 2. The fourth-order valence-electron chi connectivity index (χ4n) is 2.87. The van der Waals surface area contributed by atoms with Gasteiger partial charge in [-0.05, 0) is 43.3 Å². The fraction of sp³-hybridized carbons (Fsp3) is 0.182. The highest BCUT2D eigenvalue weighted by atomic mass is 16.5. The lowest BCUT2D eigenvalue weighted by Crippen LogP contribution is -2.29. The number of Topliss-reactive ketones (excluding diaryl/α,β-unsaturated/α-hetero) is 1. The van der Waals surface area contributed by atoms with Gasteiger partial charge >= 0.3 is 0 Å². The molecule has 1 heterocycles. The summed E-state index contributed by atoms with van der Waals surface area (Å²) < 4.78 is 11.7. The first-order valence-electron chi connectivity index (χ1n) is 9.12. The van der Waals surface area contributed by atoms with Gasteiger partial charge in [-0.25, -0.2) is 4.68 Å². The van der Waals surface area contributed by atoms with E-state index in [1.807, 2.05) is 0 Å². The van der Waals surface area contributed by atoms with Crippen molar-refractivity contribution in [1.29, 1.82) is 0 Å². The Kier molecular flexibility index (Phi) is 6.26. The molecule has 0 spiro atoms. The first kappa shape index (κ1) is 20.8. The molecule has 0 atom stereocenters. The molecule has 8 heteroatoms. The Labute approximate surface area is 173 Å². The van der Waals surface area contributed by atoms with Crippen LogP contribution in [0.5, 0.6) is 11.5 Å². The number of carbonyl (C=O) groups excluding carboxylic acids is 2. The first-order chi connectivity index (χ1) is 14.4. The van der Waals surface area contributed by atoms with Crippen LogP contribution in [0, 0.1) is 0 Å². The van der Waals surface area contributed by atoms with Crippen molar-refractivity contribution in [3.05, 3.63) is 70.5 Å². The number of amides is 1. The van der Waals surface area contributed by atoms with E-state index in [0.717, 1.165) is 4.68 Å². The third-order valence-corrected chi connectivity index (χ3v) is 4.40. The number of ether oxygens (including phenoxy) is 2. The maximum Gasteiger partial charge on any atom is 0.267 e. The zero-order chi connectivity index (χ0) is 21.7. The second kappa shape index (κ2) is 9.04. The molecule has 0 fully saturated rings. The fourth-order valence-corrected chi connectivity index (χ4v) is 2.87. The molecule has 0 saturated heterocycles. The summed E-state index contributed by atoms with van der Waals surface area (Å²) in [5.74, 6) is 0.608. The van der Waals surface area contributed by atoms with Crippen LogP contribution in [-0.4, -0.2) is 35.7 Å². The van der Waals surface area contributed by atoms with Gasteiger partial charge in [0.25, 0.3) is 5.56 Å². The second-order valence-corrected chi connectivity index (χ2v) is 6.47. The average molecular weight is 407 g/mol. The van der Waals surface area contributed by atoms with E-state index < -0.39 is 11.5 Å². The Morgan fingerprint density at radius 3 is 2.53 bits per heavy atom. The van der Waals surface area contributed by atoms with Crippen molar-refractivity contribution in [2.45, 2.75) is 13.5 Å². The zero-order valence-electron chi connectivity index (χ0n) is 16.8. The van der Waals surface area contributed by atoms with Crippen molar-refractivity contribution in [1.82, 2.24) is 9.78 Å². The molecule has 0 radical (unpaired) electrons. The van der Waals surface area contributed by atoms with Crippen molar-refractivity contribution < 1.29 is 19.1 Å². The molecule has 8 nitrogen and oxygen atoms in total. The predicted molar refractivity (Wildman–Crippen MR) is 112 cm³/mol. The van der Waals surface area contributed by atoms with E-state index in [1.54, 1.807) is 55.6 Å². The summed E-state index contributed by atoms with van der Waals surface area (Å²) in [6.45, 7) is 1.16. The Hall–Kier alpha value is -3.94. The standard InChI is InChI=1S/C22H21N3O5/c1-14(26)15-5-4-6-16(11-15)23-21(27)13-25-22(28)10-8-19(24-25)18-12-17(29-2)7-9-20(18)30-3/h4-12H,13H2,1-3H3,(H,23,27). The van der Waals surface area contributed by atoms with Gasteiger partial charge in [0.2, 0.25) is 5.91 Å². The van der Waals surface area contributed by atoms with Crippen molar-refractivity contribution in [2.24, 2.45) is 0 Å². The summed E-state index contributed by atoms with van der Waals surface area (Å²) in [6.07, 6.45) is 0. The molecular weight excluding hydrogens is 386 g/mol. The van der Waals surface area contributed by atoms with Crippen molar-refractivity contribution in [3.8, 4) is 22.8 Å². The number of nitrogens with one attached hydrogen (secondary N) is 1. The van der Waals surface area contributed by atoms with Gasteiger partial charge in [-0.15, -0.1) is 0 Å². The highest BCUT2D eigenvalue weighted by Crippen LogP contribution is 2.31. The topological polar surface area (TPSA) is 99.5 Å². The van der Waals surface area contributed by atoms with Gasteiger partial charge in [0.15, 0.2) is 5.78 Å². The normalized spacial score (nSPS) is 10.4. The lowest BCUT2D eigenvalue weighted by Gasteiger charge is -2.12. The molecule has 1 amide bonds. The van der Waals surface area contributed by atoms with Crippen LogP contribution < -0.4 is 20.3 Å². The van der Waals surface area contributed by atoms with Crippen molar-refractivity contribution in [3.63, 3.8) is 0 Å². The molecule has 1 N–H and O–H groups in total. The monoisotopic (exact) mass is 407 g/mol. The number of carbonyl (C=O) groups is 2. The lowest BCUT2D eigenvalue weighted by molar-refractivity contribution is -0.117. The molecule has 0 saturated carbocycles. The summed E-state index contributed by atoms with van der Waals surface area (Å²) in [6, 6.07) is 14.7. The summed E-state index contributed by atoms with van der Waals surface area (Å²) in [7, 11) is 3.08. The van der Waals surface area contributed by atoms with Gasteiger partial charge in [-0.1, -0.05) is 12.1 Å². The van der Waals surface area contributed by atoms with Crippen LogP contribution in [0.2, 0.25) is 0 Å². The Morgan fingerprint density at radius 1 is 1.03 bits per heavy atom. The van der Waals surface area contributed by atoms with E-state index in [0.29, 0.717) is 34.0 Å². The van der Waals surface area contributed by atoms with Gasteiger partial charge in [0.05, 0.1) is 19.9 Å². The van der Waals surface area contributed by atoms with E-state index in [-0.39, 0.29) is 12.3 Å². The largest absolute Gasteiger partial charge is 0.497 e. The Morgan fingerprint density at radius 2 is 1.83 bits per heavy atom. The van der Waals surface area contributed by atoms with Gasteiger partial charge in [0, 0.05) is 22.9 Å². The van der Waals surface area contributed by atoms with Crippen LogP contribution in [0.25, 0.3) is 11.3 Å². The minimum absolute atomic E-state index is 0.107. The molecule has 0 bridgehead atoms. The minimum Gasteiger partial charge on any atom is -0.497 e. The summed E-state index contributed by atoms with van der Waals surface area (Å²) in [5.41, 5.74) is 1.60. The van der Waals surface area contributed by atoms with Gasteiger partial charge in [-0.3, -0.25) is 14.4 Å². The van der Waals surface area contributed by atoms with Gasteiger partial charge in [-0.2, -0.15) is 5.10 Å². The summed E-state index contributed by atoms with van der Waals surface area (Å²) in [4.78, 5) is 36.2. The second-order valence-electron chi connectivity index (χ2n) is 6.47. The number of methoxy groups -OCH3 is 2. The van der Waals surface area contributed by atoms with Crippen LogP contribution in [0.1, 0.15) is 17.3 Å². The molecule has 0 unspecified atom stereocenters. The highest BCUT2D eigenvalue weighted by Gasteiger charge is 2.13. The molecular formula is C22H21N3O5. The quantitative estimate of drug-likeness (QED) is 0.605. The van der Waals surface area contributed by atoms with Crippen LogP contribution >= 0.6 is 0 Å². The molecule has 3 aromatic rings. The maximum absolute atomic E-state index is 12.4. The molecule has 3 rings (SSSR count). The molecule has 0 aliphatic carbocycles. The van der Waals surface area contributed by atoms with Crippen LogP contribution in [0.3, 0.4) is 0 Å². The summed E-state index contributed by atoms with van der Waals surface area (Å²) >= 11 is 0. The number of aromatic nitrogens is 2. The average Bonchev–Trinajstić information content (AvgIpc) is 2.75. The van der Waals surface area contributed by atoms with Crippen LogP contribution in [-0.2, 0) is 11.3 Å². The molecule has 30 heavy (non-hydrogen) atoms. The lowest BCUT2D eigenvalue weighted by atomic mass is 10.1.